The standard InChI is InChI=1S/C6H5NOS/c1-5-2-6(7-4-8)9-3-5/h2-3H,1H3. The molecule has 1 heterocycles. The molecule has 46 valence electrons. The van der Waals surface area contributed by atoms with Gasteiger partial charge in [0.2, 0.25) is 6.08 Å². The first-order valence-electron chi connectivity index (χ1n) is 2.46. The Hall–Kier alpha value is -0.920. The molecule has 0 aliphatic heterocycles. The Bertz CT molecular complexity index is 247. The van der Waals surface area contributed by atoms with Gasteiger partial charge in [0.1, 0.15) is 5.00 Å². The summed E-state index contributed by atoms with van der Waals surface area (Å²) in [6.45, 7) is 1.96. The highest BCUT2D eigenvalue weighted by molar-refractivity contribution is 7.14. The van der Waals surface area contributed by atoms with Crippen LogP contribution in [0.25, 0.3) is 0 Å². The van der Waals surface area contributed by atoms with Gasteiger partial charge in [-0.25, -0.2) is 4.79 Å². The highest BCUT2D eigenvalue weighted by atomic mass is 32.1. The maximum absolute atomic E-state index is 9.70. The summed E-state index contributed by atoms with van der Waals surface area (Å²) in [6, 6.07) is 1.84. The zero-order valence-corrected chi connectivity index (χ0v) is 5.73. The summed E-state index contributed by atoms with van der Waals surface area (Å²) in [5, 5.41) is 2.67. The molecule has 0 aliphatic carbocycles. The Morgan fingerprint density at radius 2 is 2.56 bits per heavy atom. The molecular formula is C6H5NOS. The lowest BCUT2D eigenvalue weighted by atomic mass is 10.4. The van der Waals surface area contributed by atoms with E-state index >= 15 is 0 Å². The van der Waals surface area contributed by atoms with Crippen molar-refractivity contribution in [3.63, 3.8) is 0 Å². The number of isocyanates is 1. The van der Waals surface area contributed by atoms with Crippen molar-refractivity contribution in [1.29, 1.82) is 0 Å². The van der Waals surface area contributed by atoms with Gasteiger partial charge < -0.3 is 0 Å². The Balaban J connectivity index is 2.97. The van der Waals surface area contributed by atoms with Gasteiger partial charge >= 0.3 is 0 Å². The Morgan fingerprint density at radius 3 is 3.00 bits per heavy atom. The second-order valence-electron chi connectivity index (χ2n) is 1.67. The molecule has 9 heavy (non-hydrogen) atoms. The van der Waals surface area contributed by atoms with Crippen molar-refractivity contribution in [1.82, 2.24) is 0 Å². The van der Waals surface area contributed by atoms with Gasteiger partial charge in [0.25, 0.3) is 0 Å². The zero-order chi connectivity index (χ0) is 6.69. The second kappa shape index (κ2) is 2.58. The molecule has 0 aromatic carbocycles. The van der Waals surface area contributed by atoms with Crippen molar-refractivity contribution in [2.75, 3.05) is 0 Å². The SMILES string of the molecule is Cc1csc(N=C=O)c1. The summed E-state index contributed by atoms with van der Waals surface area (Å²) >= 11 is 1.44. The lowest BCUT2D eigenvalue weighted by Crippen LogP contribution is -1.52. The molecule has 1 aromatic heterocycles. The molecule has 0 bridgehead atoms. The van der Waals surface area contributed by atoms with Crippen LogP contribution in [-0.2, 0) is 4.79 Å². The molecule has 1 rings (SSSR count). The largest absolute Gasteiger partial charge is 0.241 e. The van der Waals surface area contributed by atoms with Gasteiger partial charge in [-0.05, 0) is 23.9 Å². The van der Waals surface area contributed by atoms with Crippen molar-refractivity contribution in [3.8, 4) is 0 Å². The van der Waals surface area contributed by atoms with Crippen LogP contribution in [0.1, 0.15) is 5.56 Å². The lowest BCUT2D eigenvalue weighted by molar-refractivity contribution is 0.565. The van der Waals surface area contributed by atoms with Crippen LogP contribution in [0.3, 0.4) is 0 Å². The summed E-state index contributed by atoms with van der Waals surface area (Å²) < 4.78 is 0. The predicted octanol–water partition coefficient (Wildman–Crippen LogP) is 2.02. The smallest absolute Gasteiger partial charge is 0.211 e. The van der Waals surface area contributed by atoms with Crippen LogP contribution in [0.4, 0.5) is 5.00 Å². The van der Waals surface area contributed by atoms with E-state index < -0.39 is 0 Å². The maximum atomic E-state index is 9.70. The Morgan fingerprint density at radius 1 is 1.78 bits per heavy atom. The van der Waals surface area contributed by atoms with Crippen molar-refractivity contribution >= 4 is 22.4 Å². The fraction of sp³-hybridized carbons (Fsp3) is 0.167. The monoisotopic (exact) mass is 139 g/mol. The first kappa shape index (κ1) is 6.20. The van der Waals surface area contributed by atoms with E-state index in [4.69, 9.17) is 0 Å². The van der Waals surface area contributed by atoms with Gasteiger partial charge in [-0.15, -0.1) is 11.3 Å². The summed E-state index contributed by atoms with van der Waals surface area (Å²) in [5.41, 5.74) is 1.13. The van der Waals surface area contributed by atoms with Crippen molar-refractivity contribution in [2.24, 2.45) is 4.99 Å². The van der Waals surface area contributed by atoms with Crippen molar-refractivity contribution in [3.05, 3.63) is 17.0 Å². The first-order chi connectivity index (χ1) is 4.33. The van der Waals surface area contributed by atoms with E-state index in [1.54, 1.807) is 0 Å². The van der Waals surface area contributed by atoms with E-state index in [9.17, 15) is 4.79 Å². The predicted molar refractivity (Wildman–Crippen MR) is 36.8 cm³/mol. The number of carbonyl (C=O) groups excluding carboxylic acids is 1. The normalized spacial score (nSPS) is 8.56. The minimum absolute atomic E-state index is 0.725. The summed E-state index contributed by atoms with van der Waals surface area (Å²) in [5.74, 6) is 0. The molecule has 0 saturated carbocycles. The minimum atomic E-state index is 0.725. The summed E-state index contributed by atoms with van der Waals surface area (Å²) in [4.78, 5) is 13.1. The van der Waals surface area contributed by atoms with E-state index in [2.05, 4.69) is 4.99 Å². The molecule has 1 aromatic rings. The van der Waals surface area contributed by atoms with Gasteiger partial charge in [0.05, 0.1) is 0 Å². The highest BCUT2D eigenvalue weighted by Crippen LogP contribution is 2.21. The molecule has 0 fully saturated rings. The van der Waals surface area contributed by atoms with Crippen LogP contribution in [-0.4, -0.2) is 6.08 Å². The van der Waals surface area contributed by atoms with Gasteiger partial charge in [0.15, 0.2) is 0 Å². The number of rotatable bonds is 1. The highest BCUT2D eigenvalue weighted by Gasteiger charge is 1.90. The van der Waals surface area contributed by atoms with Gasteiger partial charge in [0, 0.05) is 0 Å². The summed E-state index contributed by atoms with van der Waals surface area (Å²) in [6.07, 6.45) is 1.48. The number of thiophene rings is 1. The van der Waals surface area contributed by atoms with E-state index in [-0.39, 0.29) is 0 Å². The van der Waals surface area contributed by atoms with Crippen molar-refractivity contribution < 1.29 is 4.79 Å². The van der Waals surface area contributed by atoms with Crippen LogP contribution < -0.4 is 0 Å². The molecule has 3 heteroatoms. The molecule has 0 aliphatic rings. The third-order valence-corrected chi connectivity index (χ3v) is 1.81. The van der Waals surface area contributed by atoms with Crippen LogP contribution in [0, 0.1) is 6.92 Å². The number of hydrogen-bond acceptors (Lipinski definition) is 3. The van der Waals surface area contributed by atoms with E-state index in [1.165, 1.54) is 17.4 Å². The molecule has 2 nitrogen and oxygen atoms in total. The second-order valence-corrected chi connectivity index (χ2v) is 2.56. The summed E-state index contributed by atoms with van der Waals surface area (Å²) in [7, 11) is 0. The van der Waals surface area contributed by atoms with Gasteiger partial charge in [-0.3, -0.25) is 0 Å². The fourth-order valence-electron chi connectivity index (χ4n) is 0.520. The zero-order valence-electron chi connectivity index (χ0n) is 4.92. The quantitative estimate of drug-likeness (QED) is 0.432. The molecule has 0 amide bonds. The number of hydrogen-bond donors (Lipinski definition) is 0. The van der Waals surface area contributed by atoms with E-state index in [0.717, 1.165) is 10.6 Å². The van der Waals surface area contributed by atoms with E-state index in [1.807, 2.05) is 18.4 Å². The lowest BCUT2D eigenvalue weighted by Gasteiger charge is -1.71. The minimum Gasteiger partial charge on any atom is -0.211 e. The first-order valence-corrected chi connectivity index (χ1v) is 3.34. The van der Waals surface area contributed by atoms with Crippen LogP contribution in [0.15, 0.2) is 16.4 Å². The van der Waals surface area contributed by atoms with Crippen molar-refractivity contribution in [2.45, 2.75) is 6.92 Å². The molecule has 0 atom stereocenters. The van der Waals surface area contributed by atoms with Crippen LogP contribution >= 0.6 is 11.3 Å². The van der Waals surface area contributed by atoms with Crippen LogP contribution in [0.2, 0.25) is 0 Å². The molecule has 0 saturated heterocycles. The average molecular weight is 139 g/mol. The third kappa shape index (κ3) is 1.49. The fourth-order valence-corrected chi connectivity index (χ4v) is 1.24. The molecule has 0 radical (unpaired) electrons. The molecule has 0 spiro atoms. The van der Waals surface area contributed by atoms with E-state index in [0.29, 0.717) is 0 Å². The third-order valence-electron chi connectivity index (χ3n) is 0.873. The molecule has 0 unspecified atom stereocenters. The molecule has 0 N–H and O–H groups in total. The van der Waals surface area contributed by atoms with Crippen LogP contribution in [0.5, 0.6) is 0 Å². The Labute approximate surface area is 56.9 Å². The van der Waals surface area contributed by atoms with Gasteiger partial charge in [-0.2, -0.15) is 4.99 Å². The number of nitrogens with zero attached hydrogens (tertiary/aromatic N) is 1. The molecular weight excluding hydrogens is 134 g/mol. The number of aryl methyl sites for hydroxylation is 1. The topological polar surface area (TPSA) is 29.4 Å². The average Bonchev–Trinajstić information content (AvgIpc) is 2.17. The Kier molecular flexibility index (Phi) is 1.78. The van der Waals surface area contributed by atoms with Gasteiger partial charge in [-0.1, -0.05) is 0 Å². The maximum Gasteiger partial charge on any atom is 0.241 e. The number of aliphatic imine (C=N–C) groups is 1.